The Balaban J connectivity index is -0.00000000133. The van der Waals surface area contributed by atoms with Crippen molar-refractivity contribution in [3.63, 3.8) is 0 Å². The fourth-order valence-electron chi connectivity index (χ4n) is 0. The molecule has 11 N–H and O–H groups in total. The van der Waals surface area contributed by atoms with Crippen molar-refractivity contribution >= 4 is 56.2 Å². The summed E-state index contributed by atoms with van der Waals surface area (Å²) in [7, 11) is -0.250. The molecule has 0 heterocycles. The Morgan fingerprint density at radius 1 is 0.889 bits per heavy atom. The summed E-state index contributed by atoms with van der Waals surface area (Å²) in [5, 5.41) is 6.89. The van der Waals surface area contributed by atoms with E-state index >= 15 is 0 Å². The van der Waals surface area contributed by atoms with Gasteiger partial charge in [0.25, 0.3) is 0 Å². The molecule has 0 fully saturated rings. The van der Waals surface area contributed by atoms with Crippen molar-refractivity contribution in [3.8, 4) is 0 Å². The Kier molecular flexibility index (Phi) is 1390. The minimum atomic E-state index is -0.250. The summed E-state index contributed by atoms with van der Waals surface area (Å²) in [4.78, 5) is 0. The minimum absolute atomic E-state index is 0. The molecular weight excluding hydrogens is 260 g/mol. The summed E-state index contributed by atoms with van der Waals surface area (Å²) < 4.78 is 8.36. The van der Waals surface area contributed by atoms with E-state index in [0.717, 1.165) is 0 Å². The van der Waals surface area contributed by atoms with Crippen molar-refractivity contribution in [3.05, 3.63) is 0 Å². The molecule has 0 aromatic heterocycles. The van der Waals surface area contributed by atoms with Gasteiger partial charge in [-0.25, -0.2) is 0 Å². The molecule has 0 bridgehead atoms. The van der Waals surface area contributed by atoms with Crippen LogP contribution in [0.4, 0.5) is 0 Å². The summed E-state index contributed by atoms with van der Waals surface area (Å²) in [6, 6.07) is 0. The second-order valence-electron chi connectivity index (χ2n) is 0.105. The van der Waals surface area contributed by atoms with Crippen LogP contribution in [-0.4, -0.2) is 88.6 Å². The van der Waals surface area contributed by atoms with Gasteiger partial charge in [0.2, 0.25) is 0 Å². The molecule has 60 valence electrons. The van der Waals surface area contributed by atoms with Gasteiger partial charge in [-0.1, -0.05) is 0 Å². The molecule has 0 aromatic rings. The van der Waals surface area contributed by atoms with Crippen molar-refractivity contribution in [2.45, 2.75) is 0 Å². The van der Waals surface area contributed by atoms with Gasteiger partial charge in [0, 0.05) is 0 Å². The van der Waals surface area contributed by atoms with E-state index in [2.05, 4.69) is 0 Å². The first-order valence-corrected chi connectivity index (χ1v) is 0.494. The van der Waals surface area contributed by atoms with Crippen LogP contribution in [0.15, 0.2) is 0 Å². The SMILES string of the molecule is O.O.O.O.O.O=BO.[BaH2]. The van der Waals surface area contributed by atoms with E-state index < -0.39 is 0 Å². The number of hydrogen-bond donors (Lipinski definition) is 1. The van der Waals surface area contributed by atoms with Crippen LogP contribution in [0.2, 0.25) is 0 Å². The molecule has 0 aliphatic rings. The van der Waals surface area contributed by atoms with Crippen LogP contribution in [-0.2, 0) is 4.70 Å². The first kappa shape index (κ1) is 88.9. The van der Waals surface area contributed by atoms with Crippen molar-refractivity contribution in [2.75, 3.05) is 0 Å². The first-order valence-electron chi connectivity index (χ1n) is 0.494. The molecule has 0 spiro atoms. The molecule has 0 rings (SSSR count). The van der Waals surface area contributed by atoms with Crippen LogP contribution < -0.4 is 0 Å². The van der Waals surface area contributed by atoms with E-state index in [0.29, 0.717) is 0 Å². The molecule has 0 radical (unpaired) electrons. The molecule has 0 amide bonds. The first-order chi connectivity index (χ1) is 1.41. The Morgan fingerprint density at radius 3 is 0.889 bits per heavy atom. The number of rotatable bonds is 0. The molecule has 0 aliphatic heterocycles. The third kappa shape index (κ3) is 417. The second-order valence-corrected chi connectivity index (χ2v) is 0.105. The fourth-order valence-corrected chi connectivity index (χ4v) is 0. The maximum atomic E-state index is 8.36. The van der Waals surface area contributed by atoms with E-state index in [1.54, 1.807) is 0 Å². The van der Waals surface area contributed by atoms with Gasteiger partial charge >= 0.3 is 66.0 Å². The summed E-state index contributed by atoms with van der Waals surface area (Å²) in [6.07, 6.45) is 0. The monoisotopic (exact) mass is 274 g/mol. The topological polar surface area (TPSA) is 195 Å². The van der Waals surface area contributed by atoms with Gasteiger partial charge in [0.05, 0.1) is 0 Å². The Morgan fingerprint density at radius 2 is 0.889 bits per heavy atom. The molecular formula is H13BBaO7. The second kappa shape index (κ2) is 141. The summed E-state index contributed by atoms with van der Waals surface area (Å²) in [6.45, 7) is 0. The van der Waals surface area contributed by atoms with Gasteiger partial charge in [0.15, 0.2) is 0 Å². The molecule has 0 saturated heterocycles. The van der Waals surface area contributed by atoms with Crippen LogP contribution in [0.3, 0.4) is 0 Å². The van der Waals surface area contributed by atoms with E-state index in [9.17, 15) is 0 Å². The van der Waals surface area contributed by atoms with E-state index in [1.165, 1.54) is 0 Å². The molecule has 9 heavy (non-hydrogen) atoms. The zero-order valence-corrected chi connectivity index (χ0v) is 3.93. The van der Waals surface area contributed by atoms with Gasteiger partial charge in [-0.3, -0.25) is 0 Å². The average molecular weight is 273 g/mol. The number of hydrogen-bond acceptors (Lipinski definition) is 1. The molecule has 9 heteroatoms. The Bertz CT molecular complexity index is 16.4. The van der Waals surface area contributed by atoms with E-state index in [1.807, 2.05) is 0 Å². The third-order valence-electron chi connectivity index (χ3n) is 0. The predicted molar refractivity (Wildman–Crippen MR) is 35.3 cm³/mol. The molecule has 0 atom stereocenters. The average Bonchev–Trinajstić information content (AvgIpc) is 0.918. The molecule has 0 unspecified atom stereocenters. The van der Waals surface area contributed by atoms with Gasteiger partial charge in [-0.2, -0.15) is 0 Å². The molecule has 0 aliphatic carbocycles. The zero-order chi connectivity index (χ0) is 2.71. The summed E-state index contributed by atoms with van der Waals surface area (Å²) >= 11 is 0. The molecule has 0 aromatic carbocycles. The van der Waals surface area contributed by atoms with Gasteiger partial charge in [-0.15, -0.1) is 0 Å². The van der Waals surface area contributed by atoms with Gasteiger partial charge in [0.1, 0.15) is 0 Å². The quantitative estimate of drug-likeness (QED) is 0.429. The molecule has 7 nitrogen and oxygen atoms in total. The Labute approximate surface area is 92.3 Å². The van der Waals surface area contributed by atoms with Gasteiger partial charge < -0.3 is 27.4 Å². The van der Waals surface area contributed by atoms with Crippen LogP contribution in [0.1, 0.15) is 0 Å². The van der Waals surface area contributed by atoms with E-state index in [4.69, 9.17) is 9.73 Å². The van der Waals surface area contributed by atoms with Crippen LogP contribution in [0, 0.1) is 0 Å². The summed E-state index contributed by atoms with van der Waals surface area (Å²) in [5.41, 5.74) is 0. The fraction of sp³-hybridized carbons (Fsp3) is 0. The predicted octanol–water partition coefficient (Wildman–Crippen LogP) is -6.10. The van der Waals surface area contributed by atoms with Crippen molar-refractivity contribution in [2.24, 2.45) is 0 Å². The normalized spacial score (nSPS) is 0.889. The van der Waals surface area contributed by atoms with Crippen molar-refractivity contribution in [1.82, 2.24) is 0 Å². The van der Waals surface area contributed by atoms with Crippen LogP contribution in [0.5, 0.6) is 0 Å². The van der Waals surface area contributed by atoms with Gasteiger partial charge in [-0.05, 0) is 0 Å². The van der Waals surface area contributed by atoms with Crippen LogP contribution >= 0.6 is 0 Å². The third-order valence-corrected chi connectivity index (χ3v) is 0. The Hall–Kier alpha value is 1.04. The van der Waals surface area contributed by atoms with Crippen molar-refractivity contribution < 1.29 is 37.1 Å². The van der Waals surface area contributed by atoms with E-state index in [-0.39, 0.29) is 83.6 Å². The summed E-state index contributed by atoms with van der Waals surface area (Å²) in [5.74, 6) is 0. The van der Waals surface area contributed by atoms with Crippen LogP contribution in [0.25, 0.3) is 0 Å². The zero-order valence-electron chi connectivity index (χ0n) is 3.93. The maximum absolute atomic E-state index is 8.36. The molecule has 0 saturated carbocycles. The standard InChI is InChI=1S/BHO2.Ba.5H2O.2H/c2-1-3;;;;;;;;/h2H;;5*1H2;;. The van der Waals surface area contributed by atoms with Crippen molar-refractivity contribution in [1.29, 1.82) is 0 Å².